The van der Waals surface area contributed by atoms with Crippen molar-refractivity contribution in [3.8, 4) is 0 Å². The maximum Gasteiger partial charge on any atom is 0.132 e. The maximum absolute atomic E-state index is 11.9. The highest BCUT2D eigenvalue weighted by Gasteiger charge is 2.33. The maximum atomic E-state index is 11.9. The molecule has 1 saturated carbocycles. The number of hydrogen-bond acceptors (Lipinski definition) is 4. The zero-order valence-electron chi connectivity index (χ0n) is 16.7. The minimum absolute atomic E-state index is 0.323. The van der Waals surface area contributed by atoms with Crippen LogP contribution in [0.15, 0.2) is 0 Å². The first-order valence-corrected chi connectivity index (χ1v) is 11.8. The van der Waals surface area contributed by atoms with Crippen molar-refractivity contribution < 1.29 is 4.79 Å². The minimum Gasteiger partial charge on any atom is -0.309 e. The molecule has 24 heavy (non-hydrogen) atoms. The number of nitrogens with zero attached hydrogens (tertiary/aromatic N) is 1. The molecule has 1 aliphatic rings. The molecule has 0 spiro atoms. The Morgan fingerprint density at radius 1 is 1.25 bits per heavy atom. The first kappa shape index (κ1) is 22.4. The van der Waals surface area contributed by atoms with Gasteiger partial charge in [0.1, 0.15) is 5.78 Å². The topological polar surface area (TPSA) is 20.3 Å². The van der Waals surface area contributed by atoms with Gasteiger partial charge in [0.15, 0.2) is 0 Å². The molecule has 4 heteroatoms. The lowest BCUT2D eigenvalue weighted by Gasteiger charge is -2.36. The minimum atomic E-state index is 0.323. The SMILES string of the molecule is CCSC(CCC1CCC(C(C)=O)CC1SCCN(C)C)C(C)C. The molecule has 0 aliphatic heterocycles. The fourth-order valence-electron chi connectivity index (χ4n) is 3.68. The molecule has 2 nitrogen and oxygen atoms in total. The molecule has 0 saturated heterocycles. The Kier molecular flexibility index (Phi) is 11.0. The summed E-state index contributed by atoms with van der Waals surface area (Å²) in [5.74, 6) is 4.73. The molecule has 4 unspecified atom stereocenters. The third-order valence-corrected chi connectivity index (χ3v) is 8.29. The molecular weight excluding hydrogens is 334 g/mol. The van der Waals surface area contributed by atoms with Gasteiger partial charge >= 0.3 is 0 Å². The first-order valence-electron chi connectivity index (χ1n) is 9.73. The van der Waals surface area contributed by atoms with Crippen molar-refractivity contribution in [3.63, 3.8) is 0 Å². The summed E-state index contributed by atoms with van der Waals surface area (Å²) in [5.41, 5.74) is 0. The second-order valence-corrected chi connectivity index (χ2v) is 10.8. The lowest BCUT2D eigenvalue weighted by atomic mass is 9.77. The predicted molar refractivity (Wildman–Crippen MR) is 112 cm³/mol. The van der Waals surface area contributed by atoms with Crippen molar-refractivity contribution in [3.05, 3.63) is 0 Å². The summed E-state index contributed by atoms with van der Waals surface area (Å²) in [6.45, 7) is 9.93. The van der Waals surface area contributed by atoms with Crippen LogP contribution >= 0.6 is 23.5 Å². The number of carbonyl (C=O) groups is 1. The van der Waals surface area contributed by atoms with Crippen LogP contribution in [-0.4, -0.2) is 53.3 Å². The van der Waals surface area contributed by atoms with Crippen LogP contribution < -0.4 is 0 Å². The molecule has 4 atom stereocenters. The monoisotopic (exact) mass is 373 g/mol. The summed E-state index contributed by atoms with van der Waals surface area (Å²) < 4.78 is 0. The van der Waals surface area contributed by atoms with E-state index in [0.29, 0.717) is 17.0 Å². The zero-order chi connectivity index (χ0) is 18.1. The van der Waals surface area contributed by atoms with Crippen molar-refractivity contribution in [2.75, 3.05) is 32.1 Å². The van der Waals surface area contributed by atoms with E-state index in [2.05, 4.69) is 63.3 Å². The molecule has 142 valence electrons. The summed E-state index contributed by atoms with van der Waals surface area (Å²) in [6.07, 6.45) is 6.19. The highest BCUT2D eigenvalue weighted by molar-refractivity contribution is 8.00. The Labute approximate surface area is 159 Å². The van der Waals surface area contributed by atoms with Crippen LogP contribution in [0.3, 0.4) is 0 Å². The fourth-order valence-corrected chi connectivity index (χ4v) is 6.49. The van der Waals surface area contributed by atoms with E-state index < -0.39 is 0 Å². The first-order chi connectivity index (χ1) is 11.3. The van der Waals surface area contributed by atoms with Gasteiger partial charge in [0, 0.05) is 28.7 Å². The largest absolute Gasteiger partial charge is 0.309 e. The molecule has 0 heterocycles. The average Bonchev–Trinajstić information content (AvgIpc) is 2.51. The summed E-state index contributed by atoms with van der Waals surface area (Å²) in [4.78, 5) is 14.1. The van der Waals surface area contributed by atoms with Crippen LogP contribution in [0, 0.1) is 17.8 Å². The van der Waals surface area contributed by atoms with Gasteiger partial charge in [0.25, 0.3) is 0 Å². The molecule has 0 N–H and O–H groups in total. The van der Waals surface area contributed by atoms with Crippen molar-refractivity contribution in [2.45, 2.75) is 70.3 Å². The third kappa shape index (κ3) is 8.14. The summed E-state index contributed by atoms with van der Waals surface area (Å²) >= 11 is 4.26. The number of rotatable bonds is 11. The van der Waals surface area contributed by atoms with Gasteiger partial charge in [-0.3, -0.25) is 4.79 Å². The van der Waals surface area contributed by atoms with E-state index in [4.69, 9.17) is 0 Å². The van der Waals surface area contributed by atoms with Gasteiger partial charge in [0.05, 0.1) is 0 Å². The molecule has 0 amide bonds. The van der Waals surface area contributed by atoms with E-state index in [9.17, 15) is 4.79 Å². The van der Waals surface area contributed by atoms with Crippen LogP contribution in [0.4, 0.5) is 0 Å². The van der Waals surface area contributed by atoms with Gasteiger partial charge in [0.2, 0.25) is 0 Å². The van der Waals surface area contributed by atoms with Crippen LogP contribution in [0.1, 0.15) is 59.8 Å². The number of thioether (sulfide) groups is 2. The van der Waals surface area contributed by atoms with Gasteiger partial charge in [-0.15, -0.1) is 0 Å². The van der Waals surface area contributed by atoms with Crippen LogP contribution in [0.2, 0.25) is 0 Å². The zero-order valence-corrected chi connectivity index (χ0v) is 18.3. The molecule has 0 aromatic heterocycles. The summed E-state index contributed by atoms with van der Waals surface area (Å²) in [7, 11) is 4.29. The normalized spacial score (nSPS) is 26.1. The molecule has 0 bridgehead atoms. The van der Waals surface area contributed by atoms with E-state index >= 15 is 0 Å². The van der Waals surface area contributed by atoms with Crippen molar-refractivity contribution in [2.24, 2.45) is 17.8 Å². The molecule has 0 aromatic rings. The average molecular weight is 374 g/mol. The lowest BCUT2D eigenvalue weighted by Crippen LogP contribution is -2.32. The Morgan fingerprint density at radius 2 is 1.96 bits per heavy atom. The van der Waals surface area contributed by atoms with E-state index in [1.807, 2.05) is 0 Å². The van der Waals surface area contributed by atoms with E-state index in [-0.39, 0.29) is 0 Å². The molecule has 1 rings (SSSR count). The van der Waals surface area contributed by atoms with Crippen molar-refractivity contribution in [1.82, 2.24) is 4.90 Å². The molecule has 1 aliphatic carbocycles. The number of carbonyl (C=O) groups excluding carboxylic acids is 1. The van der Waals surface area contributed by atoms with Crippen molar-refractivity contribution >= 4 is 29.3 Å². The van der Waals surface area contributed by atoms with Gasteiger partial charge < -0.3 is 4.90 Å². The van der Waals surface area contributed by atoms with Gasteiger partial charge in [-0.05, 0) is 70.7 Å². The summed E-state index contributed by atoms with van der Waals surface area (Å²) in [5, 5.41) is 1.49. The lowest BCUT2D eigenvalue weighted by molar-refractivity contribution is -0.121. The van der Waals surface area contributed by atoms with Crippen LogP contribution in [-0.2, 0) is 4.79 Å². The number of ketones is 1. The highest BCUT2D eigenvalue weighted by atomic mass is 32.2. The van der Waals surface area contributed by atoms with Gasteiger partial charge in [-0.2, -0.15) is 23.5 Å². The van der Waals surface area contributed by atoms with E-state index in [1.165, 1.54) is 30.8 Å². The molecule has 1 fully saturated rings. The Hall–Kier alpha value is 0.330. The summed E-state index contributed by atoms with van der Waals surface area (Å²) in [6, 6.07) is 0. The second-order valence-electron chi connectivity index (χ2n) is 7.91. The Morgan fingerprint density at radius 3 is 2.50 bits per heavy atom. The number of Topliss-reactive ketones (excluding diaryl/α,β-unsaturated/α-hetero) is 1. The Balaban J connectivity index is 2.58. The fraction of sp³-hybridized carbons (Fsp3) is 0.950. The van der Waals surface area contributed by atoms with Crippen molar-refractivity contribution in [1.29, 1.82) is 0 Å². The quantitative estimate of drug-likeness (QED) is 0.495. The molecular formula is C20H39NOS2. The van der Waals surface area contributed by atoms with Crippen LogP contribution in [0.5, 0.6) is 0 Å². The standard InChI is InChI=1S/C20H39NOS2/c1-7-23-19(15(2)3)11-10-17-8-9-18(16(4)22)14-20(17)24-13-12-21(5)6/h15,17-20H,7-14H2,1-6H3. The van der Waals surface area contributed by atoms with E-state index in [0.717, 1.165) is 36.5 Å². The predicted octanol–water partition coefficient (Wildman–Crippen LogP) is 5.21. The Bertz CT molecular complexity index is 360. The molecule has 0 radical (unpaired) electrons. The second kappa shape index (κ2) is 11.9. The number of hydrogen-bond donors (Lipinski definition) is 0. The van der Waals surface area contributed by atoms with Gasteiger partial charge in [-0.1, -0.05) is 20.8 Å². The third-order valence-electron chi connectivity index (χ3n) is 5.32. The molecule has 0 aromatic carbocycles. The smallest absolute Gasteiger partial charge is 0.132 e. The van der Waals surface area contributed by atoms with Gasteiger partial charge in [-0.25, -0.2) is 0 Å². The highest BCUT2D eigenvalue weighted by Crippen LogP contribution is 2.40. The van der Waals surface area contributed by atoms with Crippen LogP contribution in [0.25, 0.3) is 0 Å². The van der Waals surface area contributed by atoms with E-state index in [1.54, 1.807) is 6.92 Å².